The van der Waals surface area contributed by atoms with E-state index in [2.05, 4.69) is 10.3 Å². The fraction of sp³-hybridized carbons (Fsp3) is 0.267. The zero-order chi connectivity index (χ0) is 25.2. The van der Waals surface area contributed by atoms with Gasteiger partial charge in [0.1, 0.15) is 17.6 Å². The highest BCUT2D eigenvalue weighted by Crippen LogP contribution is 2.22. The summed E-state index contributed by atoms with van der Waals surface area (Å²) in [4.78, 5) is 17.1. The van der Waals surface area contributed by atoms with Crippen LogP contribution in [0.5, 0.6) is 5.75 Å². The summed E-state index contributed by atoms with van der Waals surface area (Å²) in [5.74, 6) is 1.96. The molecular formula is C30H33ClN2O4. The maximum atomic E-state index is 12.5. The molecule has 0 aliphatic heterocycles. The van der Waals surface area contributed by atoms with Gasteiger partial charge in [0.05, 0.1) is 18.9 Å². The SMILES string of the molecule is CCOC(=O)[C@H](Cc1ccc(OCCc2nc(-c3ccccc3)oc2C)cc1)NCc1ccccc1.Cl. The predicted molar refractivity (Wildman–Crippen MR) is 147 cm³/mol. The van der Waals surface area contributed by atoms with Crippen LogP contribution in [0.25, 0.3) is 11.5 Å². The van der Waals surface area contributed by atoms with E-state index in [9.17, 15) is 4.79 Å². The van der Waals surface area contributed by atoms with Crippen molar-refractivity contribution in [2.24, 2.45) is 0 Å². The minimum Gasteiger partial charge on any atom is -0.493 e. The molecule has 7 heteroatoms. The number of hydrogen-bond donors (Lipinski definition) is 1. The molecule has 0 spiro atoms. The second kappa shape index (κ2) is 14.2. The zero-order valence-electron chi connectivity index (χ0n) is 21.2. The monoisotopic (exact) mass is 520 g/mol. The van der Waals surface area contributed by atoms with Gasteiger partial charge < -0.3 is 19.2 Å². The number of oxazole rings is 1. The lowest BCUT2D eigenvalue weighted by atomic mass is 10.1. The van der Waals surface area contributed by atoms with Crippen molar-refractivity contribution < 1.29 is 18.7 Å². The molecule has 0 amide bonds. The largest absolute Gasteiger partial charge is 0.493 e. The molecule has 6 nitrogen and oxygen atoms in total. The fourth-order valence-electron chi connectivity index (χ4n) is 3.91. The number of hydrogen-bond acceptors (Lipinski definition) is 6. The number of nitrogens with one attached hydrogen (secondary N) is 1. The van der Waals surface area contributed by atoms with Crippen LogP contribution in [0.1, 0.15) is 29.5 Å². The van der Waals surface area contributed by atoms with Gasteiger partial charge in [-0.05, 0) is 55.7 Å². The molecule has 37 heavy (non-hydrogen) atoms. The van der Waals surface area contributed by atoms with Gasteiger partial charge in [-0.2, -0.15) is 0 Å². The number of benzene rings is 3. The minimum absolute atomic E-state index is 0. The Labute approximate surface area is 224 Å². The summed E-state index contributed by atoms with van der Waals surface area (Å²) >= 11 is 0. The highest BCUT2D eigenvalue weighted by atomic mass is 35.5. The van der Waals surface area contributed by atoms with Crippen molar-refractivity contribution in [3.63, 3.8) is 0 Å². The first-order valence-corrected chi connectivity index (χ1v) is 12.3. The molecule has 0 saturated heterocycles. The van der Waals surface area contributed by atoms with Crippen LogP contribution in [-0.4, -0.2) is 30.2 Å². The lowest BCUT2D eigenvalue weighted by Gasteiger charge is -2.18. The van der Waals surface area contributed by atoms with Crippen molar-refractivity contribution in [1.82, 2.24) is 10.3 Å². The van der Waals surface area contributed by atoms with E-state index in [0.29, 0.717) is 38.5 Å². The number of nitrogens with zero attached hydrogens (tertiary/aromatic N) is 1. The molecule has 0 aliphatic carbocycles. The standard InChI is InChI=1S/C30H32N2O4.ClH/c1-3-34-30(33)28(31-21-24-10-6-4-7-11-24)20-23-14-16-26(17-15-23)35-19-18-27-22(2)36-29(32-27)25-12-8-5-9-13-25;/h4-17,28,31H,3,18-21H2,1-2H3;1H/t28-;/m0./s1. The molecule has 0 aliphatic rings. The van der Waals surface area contributed by atoms with Crippen molar-refractivity contribution in [2.45, 2.75) is 39.3 Å². The van der Waals surface area contributed by atoms with E-state index in [4.69, 9.17) is 13.9 Å². The number of ether oxygens (including phenoxy) is 2. The highest BCUT2D eigenvalue weighted by molar-refractivity contribution is 5.85. The van der Waals surface area contributed by atoms with Crippen molar-refractivity contribution in [3.05, 3.63) is 108 Å². The number of aryl methyl sites for hydroxylation is 1. The lowest BCUT2D eigenvalue weighted by molar-refractivity contribution is -0.145. The molecule has 0 saturated carbocycles. The number of rotatable bonds is 12. The van der Waals surface area contributed by atoms with Gasteiger partial charge in [-0.15, -0.1) is 12.4 Å². The van der Waals surface area contributed by atoms with Gasteiger partial charge >= 0.3 is 5.97 Å². The van der Waals surface area contributed by atoms with Crippen LogP contribution in [-0.2, 0) is 28.9 Å². The summed E-state index contributed by atoms with van der Waals surface area (Å²) < 4.78 is 17.1. The summed E-state index contributed by atoms with van der Waals surface area (Å²) in [6.45, 7) is 5.19. The molecule has 1 atom stereocenters. The molecule has 4 rings (SSSR count). The molecule has 194 valence electrons. The fourth-order valence-corrected chi connectivity index (χ4v) is 3.91. The third-order valence-corrected chi connectivity index (χ3v) is 5.85. The van der Waals surface area contributed by atoms with E-state index in [-0.39, 0.29) is 18.4 Å². The molecule has 0 radical (unpaired) electrons. The molecule has 3 aromatic carbocycles. The summed E-state index contributed by atoms with van der Waals surface area (Å²) in [5.41, 5.74) is 4.00. The average Bonchev–Trinajstić information content (AvgIpc) is 3.29. The maximum Gasteiger partial charge on any atom is 0.323 e. The van der Waals surface area contributed by atoms with E-state index in [1.807, 2.05) is 98.8 Å². The van der Waals surface area contributed by atoms with Gasteiger partial charge in [0, 0.05) is 18.5 Å². The summed E-state index contributed by atoms with van der Waals surface area (Å²) in [6.07, 6.45) is 1.19. The van der Waals surface area contributed by atoms with Crippen molar-refractivity contribution in [1.29, 1.82) is 0 Å². The van der Waals surface area contributed by atoms with Gasteiger partial charge in [-0.25, -0.2) is 4.98 Å². The predicted octanol–water partition coefficient (Wildman–Crippen LogP) is 5.96. The van der Waals surface area contributed by atoms with Gasteiger partial charge in [-0.3, -0.25) is 4.79 Å². The summed E-state index contributed by atoms with van der Waals surface area (Å²) in [7, 11) is 0. The first kappa shape index (κ1) is 28.0. The Morgan fingerprint density at radius 2 is 1.62 bits per heavy atom. The minimum atomic E-state index is -0.425. The molecule has 1 N–H and O–H groups in total. The van der Waals surface area contributed by atoms with Crippen LogP contribution in [0, 0.1) is 6.92 Å². The molecular weight excluding hydrogens is 488 g/mol. The highest BCUT2D eigenvalue weighted by Gasteiger charge is 2.20. The van der Waals surface area contributed by atoms with Gasteiger partial charge in [0.2, 0.25) is 5.89 Å². The second-order valence-electron chi connectivity index (χ2n) is 8.51. The smallest absolute Gasteiger partial charge is 0.323 e. The molecule has 1 aromatic heterocycles. The summed E-state index contributed by atoms with van der Waals surface area (Å²) in [5, 5.41) is 3.33. The maximum absolute atomic E-state index is 12.5. The van der Waals surface area contributed by atoms with Crippen molar-refractivity contribution in [2.75, 3.05) is 13.2 Å². The van der Waals surface area contributed by atoms with Gasteiger partial charge in [0.15, 0.2) is 0 Å². The van der Waals surface area contributed by atoms with E-state index < -0.39 is 6.04 Å². The van der Waals surface area contributed by atoms with E-state index in [0.717, 1.165) is 33.9 Å². The Morgan fingerprint density at radius 3 is 2.30 bits per heavy atom. The number of carbonyl (C=O) groups is 1. The van der Waals surface area contributed by atoms with Crippen LogP contribution < -0.4 is 10.1 Å². The first-order valence-electron chi connectivity index (χ1n) is 12.3. The van der Waals surface area contributed by atoms with Gasteiger partial charge in [0.25, 0.3) is 0 Å². The average molecular weight is 521 g/mol. The number of halogens is 1. The van der Waals surface area contributed by atoms with Gasteiger partial charge in [-0.1, -0.05) is 60.7 Å². The topological polar surface area (TPSA) is 73.6 Å². The number of carbonyl (C=O) groups excluding carboxylic acids is 1. The Bertz CT molecular complexity index is 1230. The van der Waals surface area contributed by atoms with Crippen LogP contribution >= 0.6 is 12.4 Å². The number of aromatic nitrogens is 1. The molecule has 0 bridgehead atoms. The van der Waals surface area contributed by atoms with Crippen molar-refractivity contribution in [3.8, 4) is 17.2 Å². The Kier molecular flexibility index (Phi) is 10.7. The summed E-state index contributed by atoms with van der Waals surface area (Å²) in [6, 6.07) is 27.3. The van der Waals surface area contributed by atoms with E-state index in [1.165, 1.54) is 0 Å². The number of esters is 1. The van der Waals surface area contributed by atoms with E-state index >= 15 is 0 Å². The van der Waals surface area contributed by atoms with Crippen molar-refractivity contribution >= 4 is 18.4 Å². The Morgan fingerprint density at radius 1 is 0.946 bits per heavy atom. The van der Waals surface area contributed by atoms with Crippen LogP contribution in [0.2, 0.25) is 0 Å². The third-order valence-electron chi connectivity index (χ3n) is 5.85. The lowest BCUT2D eigenvalue weighted by Crippen LogP contribution is -2.39. The van der Waals surface area contributed by atoms with Crippen LogP contribution in [0.15, 0.2) is 89.3 Å². The Hall–Kier alpha value is -3.61. The quantitative estimate of drug-likeness (QED) is 0.232. The normalized spacial score (nSPS) is 11.4. The van der Waals surface area contributed by atoms with E-state index in [1.54, 1.807) is 0 Å². The molecule has 1 heterocycles. The molecule has 0 unspecified atom stereocenters. The first-order chi connectivity index (χ1) is 17.6. The van der Waals surface area contributed by atoms with Crippen LogP contribution in [0.4, 0.5) is 0 Å². The second-order valence-corrected chi connectivity index (χ2v) is 8.51. The molecule has 0 fully saturated rings. The zero-order valence-corrected chi connectivity index (χ0v) is 22.0. The van der Waals surface area contributed by atoms with Crippen LogP contribution in [0.3, 0.4) is 0 Å². The molecule has 4 aromatic rings. The third kappa shape index (κ3) is 8.20. The Balaban J connectivity index is 0.00000380.